The lowest BCUT2D eigenvalue weighted by Gasteiger charge is -2.12. The molecule has 0 aliphatic carbocycles. The predicted octanol–water partition coefficient (Wildman–Crippen LogP) is 1.17. The number of imide groups is 1. The van der Waals surface area contributed by atoms with Gasteiger partial charge in [0, 0.05) is 6.54 Å². The monoisotopic (exact) mass is 218 g/mol. The molecule has 3 amide bonds. The van der Waals surface area contributed by atoms with Crippen LogP contribution in [0.4, 0.5) is 4.79 Å². The summed E-state index contributed by atoms with van der Waals surface area (Å²) in [6.45, 7) is 0.833. The number of benzene rings is 1. The van der Waals surface area contributed by atoms with Gasteiger partial charge in [0.05, 0.1) is 0 Å². The predicted molar refractivity (Wildman–Crippen MR) is 59.9 cm³/mol. The molecule has 4 nitrogen and oxygen atoms in total. The van der Waals surface area contributed by atoms with Crippen molar-refractivity contribution in [3.8, 4) is 0 Å². The maximum Gasteiger partial charge on any atom is 0.324 e. The van der Waals surface area contributed by atoms with Crippen LogP contribution in [0, 0.1) is 0 Å². The molecule has 2 rings (SSSR count). The van der Waals surface area contributed by atoms with E-state index in [9.17, 15) is 9.59 Å². The first kappa shape index (κ1) is 10.7. The molecule has 16 heavy (non-hydrogen) atoms. The SMILES string of the molecule is O=C1CN(CCCc2ccccc2)C(=O)N1. The number of aryl methyl sites for hydroxylation is 1. The van der Waals surface area contributed by atoms with Crippen LogP contribution in [0.3, 0.4) is 0 Å². The van der Waals surface area contributed by atoms with Gasteiger partial charge in [0.2, 0.25) is 5.91 Å². The summed E-state index contributed by atoms with van der Waals surface area (Å²) in [7, 11) is 0. The third-order valence-electron chi connectivity index (χ3n) is 2.60. The molecule has 1 aromatic carbocycles. The topological polar surface area (TPSA) is 49.4 Å². The van der Waals surface area contributed by atoms with E-state index in [0.29, 0.717) is 6.54 Å². The summed E-state index contributed by atoms with van der Waals surface area (Å²) in [5, 5.41) is 2.26. The number of hydrogen-bond donors (Lipinski definition) is 1. The van der Waals surface area contributed by atoms with E-state index in [1.807, 2.05) is 18.2 Å². The Morgan fingerprint density at radius 2 is 1.94 bits per heavy atom. The van der Waals surface area contributed by atoms with Crippen molar-refractivity contribution < 1.29 is 9.59 Å². The standard InChI is InChI=1S/C12H14N2O2/c15-11-9-14(12(16)13-11)8-4-7-10-5-2-1-3-6-10/h1-3,5-6H,4,7-9H2,(H,13,15,16). The highest BCUT2D eigenvalue weighted by Crippen LogP contribution is 2.05. The van der Waals surface area contributed by atoms with Crippen molar-refractivity contribution >= 4 is 11.9 Å². The molecule has 0 unspecified atom stereocenters. The summed E-state index contributed by atoms with van der Waals surface area (Å²) in [5.41, 5.74) is 1.26. The van der Waals surface area contributed by atoms with Crippen molar-refractivity contribution in [3.63, 3.8) is 0 Å². The highest BCUT2D eigenvalue weighted by Gasteiger charge is 2.25. The van der Waals surface area contributed by atoms with E-state index in [1.165, 1.54) is 5.56 Å². The maximum atomic E-state index is 11.2. The van der Waals surface area contributed by atoms with E-state index < -0.39 is 0 Å². The van der Waals surface area contributed by atoms with Crippen molar-refractivity contribution in [3.05, 3.63) is 35.9 Å². The van der Waals surface area contributed by atoms with Gasteiger partial charge in [0.25, 0.3) is 0 Å². The van der Waals surface area contributed by atoms with Crippen LogP contribution in [0.1, 0.15) is 12.0 Å². The molecule has 0 saturated carbocycles. The molecular formula is C12H14N2O2. The van der Waals surface area contributed by atoms with Crippen molar-refractivity contribution in [1.82, 2.24) is 10.2 Å². The van der Waals surface area contributed by atoms with E-state index in [0.717, 1.165) is 12.8 Å². The normalized spacial score (nSPS) is 15.4. The van der Waals surface area contributed by atoms with Crippen LogP contribution in [-0.4, -0.2) is 29.9 Å². The van der Waals surface area contributed by atoms with E-state index >= 15 is 0 Å². The minimum absolute atomic E-state index is 0.202. The molecule has 1 aromatic rings. The second-order valence-electron chi connectivity index (χ2n) is 3.86. The zero-order chi connectivity index (χ0) is 11.4. The van der Waals surface area contributed by atoms with Crippen LogP contribution in [-0.2, 0) is 11.2 Å². The van der Waals surface area contributed by atoms with E-state index in [1.54, 1.807) is 4.90 Å². The first-order valence-corrected chi connectivity index (χ1v) is 5.38. The molecule has 1 heterocycles. The molecule has 0 atom stereocenters. The van der Waals surface area contributed by atoms with E-state index in [-0.39, 0.29) is 18.5 Å². The van der Waals surface area contributed by atoms with Gasteiger partial charge in [-0.25, -0.2) is 4.79 Å². The van der Waals surface area contributed by atoms with Crippen molar-refractivity contribution in [2.45, 2.75) is 12.8 Å². The van der Waals surface area contributed by atoms with Gasteiger partial charge in [-0.15, -0.1) is 0 Å². The Kier molecular flexibility index (Phi) is 3.19. The second-order valence-corrected chi connectivity index (χ2v) is 3.86. The fourth-order valence-electron chi connectivity index (χ4n) is 1.78. The number of amides is 3. The van der Waals surface area contributed by atoms with Gasteiger partial charge in [0.1, 0.15) is 6.54 Å². The van der Waals surface area contributed by atoms with Gasteiger partial charge in [0.15, 0.2) is 0 Å². The van der Waals surface area contributed by atoms with Gasteiger partial charge in [-0.05, 0) is 18.4 Å². The van der Waals surface area contributed by atoms with Crippen molar-refractivity contribution in [2.75, 3.05) is 13.1 Å². The third kappa shape index (κ3) is 2.59. The molecule has 1 fully saturated rings. The smallest absolute Gasteiger partial charge is 0.315 e. The highest BCUT2D eigenvalue weighted by molar-refractivity contribution is 6.01. The number of carbonyl (C=O) groups excluding carboxylic acids is 2. The molecular weight excluding hydrogens is 204 g/mol. The number of rotatable bonds is 4. The molecule has 84 valence electrons. The average molecular weight is 218 g/mol. The van der Waals surface area contributed by atoms with E-state index in [4.69, 9.17) is 0 Å². The summed E-state index contributed by atoms with van der Waals surface area (Å²) < 4.78 is 0. The van der Waals surface area contributed by atoms with Gasteiger partial charge >= 0.3 is 6.03 Å². The largest absolute Gasteiger partial charge is 0.324 e. The summed E-state index contributed by atoms with van der Waals surface area (Å²) in [6.07, 6.45) is 1.81. The lowest BCUT2D eigenvalue weighted by atomic mass is 10.1. The minimum atomic E-state index is -0.266. The van der Waals surface area contributed by atoms with Crippen molar-refractivity contribution in [2.24, 2.45) is 0 Å². The summed E-state index contributed by atoms with van der Waals surface area (Å²) in [5.74, 6) is -0.204. The third-order valence-corrected chi connectivity index (χ3v) is 2.60. The van der Waals surface area contributed by atoms with Crippen LogP contribution in [0.15, 0.2) is 30.3 Å². The second kappa shape index (κ2) is 4.79. The Morgan fingerprint density at radius 1 is 1.19 bits per heavy atom. The van der Waals surface area contributed by atoms with Crippen LogP contribution in [0.5, 0.6) is 0 Å². The van der Waals surface area contributed by atoms with Gasteiger partial charge < -0.3 is 4.90 Å². The lowest BCUT2D eigenvalue weighted by molar-refractivity contribution is -0.118. The molecule has 1 N–H and O–H groups in total. The zero-order valence-corrected chi connectivity index (χ0v) is 8.98. The van der Waals surface area contributed by atoms with Gasteiger partial charge in [-0.3, -0.25) is 10.1 Å². The average Bonchev–Trinajstić information content (AvgIpc) is 2.59. The first-order chi connectivity index (χ1) is 7.75. The molecule has 1 aliphatic rings. The number of urea groups is 1. The lowest BCUT2D eigenvalue weighted by Crippen LogP contribution is -2.29. The molecule has 0 radical (unpaired) electrons. The van der Waals surface area contributed by atoms with Crippen molar-refractivity contribution in [1.29, 1.82) is 0 Å². The Balaban J connectivity index is 1.76. The minimum Gasteiger partial charge on any atom is -0.315 e. The molecule has 0 aromatic heterocycles. The quantitative estimate of drug-likeness (QED) is 0.771. The Morgan fingerprint density at radius 3 is 2.56 bits per heavy atom. The van der Waals surface area contributed by atoms with Gasteiger partial charge in [-0.1, -0.05) is 30.3 Å². The van der Waals surface area contributed by atoms with Crippen LogP contribution in [0.25, 0.3) is 0 Å². The summed E-state index contributed by atoms with van der Waals surface area (Å²) >= 11 is 0. The summed E-state index contributed by atoms with van der Waals surface area (Å²) in [4.78, 5) is 23.7. The molecule has 0 spiro atoms. The molecule has 0 bridgehead atoms. The highest BCUT2D eigenvalue weighted by atomic mass is 16.2. The Labute approximate surface area is 94.2 Å². The first-order valence-electron chi connectivity index (χ1n) is 5.38. The van der Waals surface area contributed by atoms with Gasteiger partial charge in [-0.2, -0.15) is 0 Å². The Bertz CT molecular complexity index is 389. The number of nitrogens with zero attached hydrogens (tertiary/aromatic N) is 1. The van der Waals surface area contributed by atoms with Crippen LogP contribution >= 0.6 is 0 Å². The molecule has 1 saturated heterocycles. The maximum absolute atomic E-state index is 11.2. The number of carbonyl (C=O) groups is 2. The molecule has 1 aliphatic heterocycles. The van der Waals surface area contributed by atoms with E-state index in [2.05, 4.69) is 17.4 Å². The van der Waals surface area contributed by atoms with Crippen LogP contribution < -0.4 is 5.32 Å². The number of nitrogens with one attached hydrogen (secondary N) is 1. The zero-order valence-electron chi connectivity index (χ0n) is 8.98. The summed E-state index contributed by atoms with van der Waals surface area (Å²) in [6, 6.07) is 9.85. The Hall–Kier alpha value is -1.84. The fraction of sp³-hybridized carbons (Fsp3) is 0.333. The van der Waals surface area contributed by atoms with Crippen LogP contribution in [0.2, 0.25) is 0 Å². The fourth-order valence-corrected chi connectivity index (χ4v) is 1.78. The number of hydrogen-bond acceptors (Lipinski definition) is 2. The molecule has 4 heteroatoms.